The lowest BCUT2D eigenvalue weighted by atomic mass is 9.81. The molecule has 8 heteroatoms. The first-order valence-corrected chi connectivity index (χ1v) is 12.6. The van der Waals surface area contributed by atoms with Gasteiger partial charge in [0.05, 0.1) is 0 Å². The van der Waals surface area contributed by atoms with Crippen LogP contribution in [0.2, 0.25) is 0 Å². The summed E-state index contributed by atoms with van der Waals surface area (Å²) in [7, 11) is 0. The van der Waals surface area contributed by atoms with Gasteiger partial charge in [-0.3, -0.25) is 14.6 Å². The first-order chi connectivity index (χ1) is 16.4. The van der Waals surface area contributed by atoms with Crippen molar-refractivity contribution < 1.29 is 14.7 Å². The SMILES string of the molecule is C[C@@]12Cc3c([nH]c4ccc(Br)cc34)[C@@H](c3cccc(O)c3)N1C(=O)N(CCN1CCCC1)C2=O. The van der Waals surface area contributed by atoms with Crippen molar-refractivity contribution in [3.05, 3.63) is 63.8 Å². The molecule has 0 radical (unpaired) electrons. The van der Waals surface area contributed by atoms with Crippen LogP contribution in [0, 0.1) is 0 Å². The van der Waals surface area contributed by atoms with Crippen molar-refractivity contribution in [1.82, 2.24) is 19.7 Å². The molecule has 0 saturated carbocycles. The van der Waals surface area contributed by atoms with Gasteiger partial charge in [0.15, 0.2) is 0 Å². The summed E-state index contributed by atoms with van der Waals surface area (Å²) in [5.41, 5.74) is 2.70. The predicted molar refractivity (Wildman–Crippen MR) is 133 cm³/mol. The highest BCUT2D eigenvalue weighted by atomic mass is 79.9. The molecule has 3 aliphatic rings. The van der Waals surface area contributed by atoms with E-state index in [1.165, 1.54) is 17.7 Å². The molecule has 4 heterocycles. The number of phenolic OH excluding ortho intramolecular Hbond substituents is 1. The number of aromatic hydroxyl groups is 1. The summed E-state index contributed by atoms with van der Waals surface area (Å²) in [4.78, 5) is 36.7. The van der Waals surface area contributed by atoms with Gasteiger partial charge in [0, 0.05) is 40.6 Å². The van der Waals surface area contributed by atoms with Crippen LogP contribution in [0.4, 0.5) is 4.79 Å². The van der Waals surface area contributed by atoms with Crippen LogP contribution in [0.25, 0.3) is 10.9 Å². The number of aromatic nitrogens is 1. The third kappa shape index (κ3) is 3.19. The number of fused-ring (bicyclic) bond motifs is 4. The highest BCUT2D eigenvalue weighted by molar-refractivity contribution is 9.10. The summed E-state index contributed by atoms with van der Waals surface area (Å²) in [5.74, 6) is -0.00843. The number of rotatable bonds is 4. The van der Waals surface area contributed by atoms with Crippen LogP contribution in [0.3, 0.4) is 0 Å². The Kier molecular flexibility index (Phi) is 5.00. The molecule has 0 aliphatic carbocycles. The van der Waals surface area contributed by atoms with E-state index in [0.29, 0.717) is 19.5 Å². The average molecular weight is 523 g/mol. The van der Waals surface area contributed by atoms with Crippen molar-refractivity contribution in [1.29, 1.82) is 0 Å². The largest absolute Gasteiger partial charge is 0.508 e. The lowest BCUT2D eigenvalue weighted by Crippen LogP contribution is -2.53. The summed E-state index contributed by atoms with van der Waals surface area (Å²) in [6.45, 7) is 5.04. The van der Waals surface area contributed by atoms with Gasteiger partial charge in [-0.15, -0.1) is 0 Å². The van der Waals surface area contributed by atoms with Crippen molar-refractivity contribution in [3.8, 4) is 5.75 Å². The molecule has 2 N–H and O–H groups in total. The maximum absolute atomic E-state index is 13.8. The first kappa shape index (κ1) is 21.7. The van der Waals surface area contributed by atoms with Crippen LogP contribution >= 0.6 is 15.9 Å². The Hall–Kier alpha value is -2.84. The molecule has 3 amide bonds. The zero-order valence-electron chi connectivity index (χ0n) is 19.1. The molecular formula is C26H27BrN4O3. The fourth-order valence-electron chi connectivity index (χ4n) is 5.97. The predicted octanol–water partition coefficient (Wildman–Crippen LogP) is 4.40. The minimum absolute atomic E-state index is 0.133. The van der Waals surface area contributed by atoms with Crippen molar-refractivity contribution in [2.75, 3.05) is 26.2 Å². The fourth-order valence-corrected chi connectivity index (χ4v) is 6.33. The zero-order chi connectivity index (χ0) is 23.6. The molecule has 0 spiro atoms. The van der Waals surface area contributed by atoms with Crippen LogP contribution < -0.4 is 0 Å². The number of phenols is 1. The van der Waals surface area contributed by atoms with Crippen molar-refractivity contribution in [2.45, 2.75) is 37.8 Å². The second-order valence-corrected chi connectivity index (χ2v) is 10.7. The highest BCUT2D eigenvalue weighted by Crippen LogP contribution is 2.49. The number of H-pyrrole nitrogens is 1. The maximum Gasteiger partial charge on any atom is 0.328 e. The Morgan fingerprint density at radius 3 is 2.68 bits per heavy atom. The van der Waals surface area contributed by atoms with Gasteiger partial charge in [0.1, 0.15) is 17.3 Å². The number of carbonyl (C=O) groups is 2. The van der Waals surface area contributed by atoms with Gasteiger partial charge >= 0.3 is 6.03 Å². The van der Waals surface area contributed by atoms with E-state index in [4.69, 9.17) is 0 Å². The second kappa shape index (κ2) is 7.85. The molecule has 2 fully saturated rings. The van der Waals surface area contributed by atoms with Crippen LogP contribution in [0.1, 0.15) is 42.6 Å². The van der Waals surface area contributed by atoms with Crippen LogP contribution in [-0.2, 0) is 11.2 Å². The van der Waals surface area contributed by atoms with Gasteiger partial charge in [0.25, 0.3) is 5.91 Å². The van der Waals surface area contributed by atoms with E-state index >= 15 is 0 Å². The third-order valence-corrected chi connectivity index (χ3v) is 8.15. The molecule has 34 heavy (non-hydrogen) atoms. The molecule has 2 aromatic carbocycles. The van der Waals surface area contributed by atoms with E-state index in [2.05, 4.69) is 31.9 Å². The molecule has 176 valence electrons. The van der Waals surface area contributed by atoms with E-state index in [-0.39, 0.29) is 17.7 Å². The number of imide groups is 1. The number of nitrogens with zero attached hydrogens (tertiary/aromatic N) is 3. The number of benzene rings is 2. The molecule has 6 rings (SSSR count). The van der Waals surface area contributed by atoms with Crippen LogP contribution in [0.5, 0.6) is 5.75 Å². The summed E-state index contributed by atoms with van der Waals surface area (Å²) in [5, 5.41) is 11.3. The summed E-state index contributed by atoms with van der Waals surface area (Å²) in [6, 6.07) is 12.3. The van der Waals surface area contributed by atoms with E-state index in [0.717, 1.165) is 45.3 Å². The average Bonchev–Trinajstić information content (AvgIpc) is 3.49. The lowest BCUT2D eigenvalue weighted by Gasteiger charge is -2.42. The smallest absolute Gasteiger partial charge is 0.328 e. The second-order valence-electron chi connectivity index (χ2n) is 9.81. The number of urea groups is 1. The Bertz CT molecular complexity index is 1310. The minimum atomic E-state index is -0.997. The van der Waals surface area contributed by atoms with Crippen molar-refractivity contribution in [3.63, 3.8) is 0 Å². The topological polar surface area (TPSA) is 79.9 Å². The monoisotopic (exact) mass is 522 g/mol. The fraction of sp³-hybridized carbons (Fsp3) is 0.385. The van der Waals surface area contributed by atoms with Gasteiger partial charge in [-0.2, -0.15) is 0 Å². The number of carbonyl (C=O) groups excluding carboxylic acids is 2. The molecule has 0 unspecified atom stereocenters. The molecule has 2 saturated heterocycles. The Morgan fingerprint density at radius 2 is 1.91 bits per heavy atom. The van der Waals surface area contributed by atoms with E-state index in [1.54, 1.807) is 23.1 Å². The van der Waals surface area contributed by atoms with Gasteiger partial charge in [-0.05, 0) is 74.3 Å². The quantitative estimate of drug-likeness (QED) is 0.497. The number of nitrogens with one attached hydrogen (secondary N) is 1. The number of aromatic amines is 1. The number of amides is 3. The van der Waals surface area contributed by atoms with E-state index in [1.807, 2.05) is 25.1 Å². The minimum Gasteiger partial charge on any atom is -0.508 e. The van der Waals surface area contributed by atoms with Gasteiger partial charge in [-0.25, -0.2) is 4.79 Å². The lowest BCUT2D eigenvalue weighted by molar-refractivity contribution is -0.133. The normalized spacial score (nSPS) is 24.8. The first-order valence-electron chi connectivity index (χ1n) is 11.8. The van der Waals surface area contributed by atoms with Crippen molar-refractivity contribution in [2.24, 2.45) is 0 Å². The van der Waals surface area contributed by atoms with Gasteiger partial charge < -0.3 is 15.0 Å². The van der Waals surface area contributed by atoms with Gasteiger partial charge in [-0.1, -0.05) is 28.1 Å². The molecule has 3 aliphatic heterocycles. The summed E-state index contributed by atoms with van der Waals surface area (Å²) < 4.78 is 0.962. The molecule has 0 bridgehead atoms. The molecule has 7 nitrogen and oxygen atoms in total. The molecule has 3 aromatic rings. The Labute approximate surface area is 206 Å². The van der Waals surface area contributed by atoms with Crippen LogP contribution in [0.15, 0.2) is 46.9 Å². The number of hydrogen-bond donors (Lipinski definition) is 2. The van der Waals surface area contributed by atoms with E-state index < -0.39 is 11.6 Å². The number of hydrogen-bond acceptors (Lipinski definition) is 4. The maximum atomic E-state index is 13.8. The number of halogens is 1. The molecule has 2 atom stereocenters. The Morgan fingerprint density at radius 1 is 1.12 bits per heavy atom. The van der Waals surface area contributed by atoms with E-state index in [9.17, 15) is 14.7 Å². The molecule has 1 aromatic heterocycles. The summed E-state index contributed by atoms with van der Waals surface area (Å²) >= 11 is 3.58. The molecular weight excluding hydrogens is 496 g/mol. The number of likely N-dealkylation sites (tertiary alicyclic amines) is 1. The standard InChI is InChI=1S/C26H27BrN4O3/c1-26-15-20-19-14-17(27)7-8-21(19)28-22(20)23(16-5-4-6-18(32)13-16)31(26)25(34)30(24(26)33)12-11-29-9-2-3-10-29/h4-8,13-14,23,28,32H,2-3,9-12,15H2,1H3/t23-,26+/m1/s1. The van der Waals surface area contributed by atoms with Crippen LogP contribution in [-0.4, -0.2) is 68.4 Å². The van der Waals surface area contributed by atoms with Gasteiger partial charge in [0.2, 0.25) is 0 Å². The Balaban J connectivity index is 1.48. The van der Waals surface area contributed by atoms with Crippen molar-refractivity contribution >= 4 is 38.8 Å². The zero-order valence-corrected chi connectivity index (χ0v) is 20.6. The third-order valence-electron chi connectivity index (χ3n) is 7.65. The highest BCUT2D eigenvalue weighted by Gasteiger charge is 2.60. The summed E-state index contributed by atoms with van der Waals surface area (Å²) in [6.07, 6.45) is 2.78.